The van der Waals surface area contributed by atoms with Crippen LogP contribution in [-0.4, -0.2) is 43.9 Å². The number of hydrogen-bond donors (Lipinski definition) is 1. The molecule has 116 valence electrons. The predicted octanol–water partition coefficient (Wildman–Crippen LogP) is 2.21. The van der Waals surface area contributed by atoms with Gasteiger partial charge >= 0.3 is 0 Å². The maximum absolute atomic E-state index is 11.9. The normalized spacial score (nSPS) is 20.2. The molecule has 1 saturated heterocycles. The van der Waals surface area contributed by atoms with Crippen molar-refractivity contribution in [1.82, 2.24) is 0 Å². The van der Waals surface area contributed by atoms with Crippen molar-refractivity contribution in [2.24, 2.45) is 0 Å². The number of hydrogen-bond acceptors (Lipinski definition) is 5. The highest BCUT2D eigenvalue weighted by molar-refractivity contribution is 8.02. The van der Waals surface area contributed by atoms with Crippen LogP contribution in [0.15, 0.2) is 18.2 Å². The van der Waals surface area contributed by atoms with Crippen molar-refractivity contribution >= 4 is 44.8 Å². The van der Waals surface area contributed by atoms with Crippen LogP contribution < -0.4 is 10.1 Å². The molecular formula is C13H16ClNO4S2. The van der Waals surface area contributed by atoms with Crippen LogP contribution in [0.25, 0.3) is 0 Å². The molecule has 0 spiro atoms. The Morgan fingerprint density at radius 3 is 2.90 bits per heavy atom. The molecule has 5 nitrogen and oxygen atoms in total. The first-order valence-corrected chi connectivity index (χ1v) is 9.60. The number of halogens is 1. The number of amides is 1. The number of thioether (sulfide) groups is 1. The summed E-state index contributed by atoms with van der Waals surface area (Å²) in [7, 11) is -1.40. The van der Waals surface area contributed by atoms with Gasteiger partial charge in [-0.2, -0.15) is 0 Å². The highest BCUT2D eigenvalue weighted by Gasteiger charge is 2.28. The second kappa shape index (κ2) is 6.89. The Morgan fingerprint density at radius 1 is 1.52 bits per heavy atom. The van der Waals surface area contributed by atoms with E-state index in [1.165, 1.54) is 18.9 Å². The van der Waals surface area contributed by atoms with Crippen LogP contribution in [0.4, 0.5) is 5.69 Å². The van der Waals surface area contributed by atoms with Crippen molar-refractivity contribution in [3.8, 4) is 5.75 Å². The molecule has 0 aliphatic carbocycles. The fourth-order valence-electron chi connectivity index (χ4n) is 2.05. The third-order valence-corrected chi connectivity index (χ3v) is 6.59. The summed E-state index contributed by atoms with van der Waals surface area (Å²) < 4.78 is 27.9. The lowest BCUT2D eigenvalue weighted by Crippen LogP contribution is -2.17. The Morgan fingerprint density at radius 2 is 2.29 bits per heavy atom. The van der Waals surface area contributed by atoms with Gasteiger partial charge in [0.2, 0.25) is 5.91 Å². The minimum Gasteiger partial charge on any atom is -0.495 e. The summed E-state index contributed by atoms with van der Waals surface area (Å²) in [5, 5.41) is 3.23. The standard InChI is InChI=1S/C13H16ClNO4S2/c1-19-12-3-2-9(14)6-11(12)15-13(16)7-20-10-4-5-21(17,18)8-10/h2-3,6,10H,4-5,7-8H2,1H3,(H,15,16)/t10-/m0/s1. The summed E-state index contributed by atoms with van der Waals surface area (Å²) in [5.74, 6) is 0.904. The van der Waals surface area contributed by atoms with Crippen molar-refractivity contribution in [3.05, 3.63) is 23.2 Å². The first-order chi connectivity index (χ1) is 9.89. The van der Waals surface area contributed by atoms with Gasteiger partial charge in [0.05, 0.1) is 30.1 Å². The molecule has 0 radical (unpaired) electrons. The summed E-state index contributed by atoms with van der Waals surface area (Å²) in [6.45, 7) is 0. The molecule has 1 N–H and O–H groups in total. The number of rotatable bonds is 5. The number of carbonyl (C=O) groups excluding carboxylic acids is 1. The number of sulfone groups is 1. The van der Waals surface area contributed by atoms with Crippen molar-refractivity contribution in [2.45, 2.75) is 11.7 Å². The average Bonchev–Trinajstić information content (AvgIpc) is 2.76. The van der Waals surface area contributed by atoms with Crippen molar-refractivity contribution < 1.29 is 17.9 Å². The Hall–Kier alpha value is -0.920. The van der Waals surface area contributed by atoms with E-state index in [-0.39, 0.29) is 28.4 Å². The molecule has 0 bridgehead atoms. The molecular weight excluding hydrogens is 334 g/mol. The topological polar surface area (TPSA) is 72.5 Å². The largest absolute Gasteiger partial charge is 0.495 e. The quantitative estimate of drug-likeness (QED) is 0.882. The number of nitrogens with one attached hydrogen (secondary N) is 1. The lowest BCUT2D eigenvalue weighted by Gasteiger charge is -2.11. The molecule has 2 rings (SSSR count). The smallest absolute Gasteiger partial charge is 0.234 e. The molecule has 0 unspecified atom stereocenters. The van der Waals surface area contributed by atoms with Crippen molar-refractivity contribution in [3.63, 3.8) is 0 Å². The van der Waals surface area contributed by atoms with Gasteiger partial charge in [-0.25, -0.2) is 8.42 Å². The van der Waals surface area contributed by atoms with E-state index in [1.54, 1.807) is 18.2 Å². The summed E-state index contributed by atoms with van der Waals surface area (Å²) in [5.41, 5.74) is 0.509. The zero-order chi connectivity index (χ0) is 15.5. The predicted molar refractivity (Wildman–Crippen MR) is 86.2 cm³/mol. The maximum Gasteiger partial charge on any atom is 0.234 e. The van der Waals surface area contributed by atoms with E-state index >= 15 is 0 Å². The second-order valence-corrected chi connectivity index (χ2v) is 8.68. The van der Waals surface area contributed by atoms with E-state index in [4.69, 9.17) is 16.3 Å². The van der Waals surface area contributed by atoms with Crippen LogP contribution in [0.1, 0.15) is 6.42 Å². The number of ether oxygens (including phenoxy) is 1. The van der Waals surface area contributed by atoms with E-state index in [0.29, 0.717) is 22.9 Å². The van der Waals surface area contributed by atoms with Crippen molar-refractivity contribution in [1.29, 1.82) is 0 Å². The Labute approximate surface area is 133 Å². The summed E-state index contributed by atoms with van der Waals surface area (Å²) in [6.07, 6.45) is 0.612. The number of anilines is 1. The first kappa shape index (κ1) is 16.5. The highest BCUT2D eigenvalue weighted by atomic mass is 35.5. The van der Waals surface area contributed by atoms with Gasteiger partial charge in [-0.1, -0.05) is 11.6 Å². The van der Waals surface area contributed by atoms with E-state index in [1.807, 2.05) is 0 Å². The molecule has 0 aromatic heterocycles. The lowest BCUT2D eigenvalue weighted by atomic mass is 10.3. The number of benzene rings is 1. The van der Waals surface area contributed by atoms with Crippen LogP contribution in [0.5, 0.6) is 5.75 Å². The number of carbonyl (C=O) groups is 1. The fourth-order valence-corrected chi connectivity index (χ4v) is 5.67. The third-order valence-electron chi connectivity index (χ3n) is 3.08. The van der Waals surface area contributed by atoms with Gasteiger partial charge in [-0.3, -0.25) is 4.79 Å². The van der Waals surface area contributed by atoms with Gasteiger partial charge in [-0.15, -0.1) is 11.8 Å². The minimum atomic E-state index is -2.91. The molecule has 1 amide bonds. The van der Waals surface area contributed by atoms with Gasteiger partial charge in [-0.05, 0) is 24.6 Å². The second-order valence-electron chi connectivity index (χ2n) is 4.73. The molecule has 1 aliphatic rings. The molecule has 1 aromatic carbocycles. The van der Waals surface area contributed by atoms with E-state index < -0.39 is 9.84 Å². The molecule has 0 saturated carbocycles. The van der Waals surface area contributed by atoms with Gasteiger partial charge in [0.15, 0.2) is 9.84 Å². The zero-order valence-corrected chi connectivity index (χ0v) is 13.9. The first-order valence-electron chi connectivity index (χ1n) is 6.35. The van der Waals surface area contributed by atoms with Crippen LogP contribution >= 0.6 is 23.4 Å². The Balaban J connectivity index is 1.89. The summed E-state index contributed by atoms with van der Waals surface area (Å²) in [6, 6.07) is 4.96. The molecule has 1 aliphatic heterocycles. The zero-order valence-electron chi connectivity index (χ0n) is 11.5. The van der Waals surface area contributed by atoms with Gasteiger partial charge < -0.3 is 10.1 Å². The molecule has 1 fully saturated rings. The molecule has 8 heteroatoms. The van der Waals surface area contributed by atoms with Crippen LogP contribution in [0.3, 0.4) is 0 Å². The van der Waals surface area contributed by atoms with Gasteiger partial charge in [0.1, 0.15) is 5.75 Å². The van der Waals surface area contributed by atoms with E-state index in [0.717, 1.165) is 0 Å². The highest BCUT2D eigenvalue weighted by Crippen LogP contribution is 2.28. The Kier molecular flexibility index (Phi) is 5.40. The van der Waals surface area contributed by atoms with Crippen molar-refractivity contribution in [2.75, 3.05) is 29.7 Å². The maximum atomic E-state index is 11.9. The molecule has 1 aromatic rings. The van der Waals surface area contributed by atoms with E-state index in [9.17, 15) is 13.2 Å². The molecule has 1 atom stereocenters. The van der Waals surface area contributed by atoms with Crippen LogP contribution in [0, 0.1) is 0 Å². The van der Waals surface area contributed by atoms with Gasteiger partial charge in [0, 0.05) is 10.3 Å². The molecule has 21 heavy (non-hydrogen) atoms. The monoisotopic (exact) mass is 349 g/mol. The molecule has 1 heterocycles. The lowest BCUT2D eigenvalue weighted by molar-refractivity contribution is -0.113. The van der Waals surface area contributed by atoms with E-state index in [2.05, 4.69) is 5.32 Å². The van der Waals surface area contributed by atoms with Crippen LogP contribution in [0.2, 0.25) is 5.02 Å². The number of methoxy groups -OCH3 is 1. The fraction of sp³-hybridized carbons (Fsp3) is 0.462. The summed E-state index contributed by atoms with van der Waals surface area (Å²) in [4.78, 5) is 11.9. The Bertz CT molecular complexity index is 633. The average molecular weight is 350 g/mol. The van der Waals surface area contributed by atoms with Gasteiger partial charge in [0.25, 0.3) is 0 Å². The van der Waals surface area contributed by atoms with Crippen LogP contribution in [-0.2, 0) is 14.6 Å². The minimum absolute atomic E-state index is 0.00186. The third kappa shape index (κ3) is 4.79. The summed E-state index contributed by atoms with van der Waals surface area (Å²) >= 11 is 7.26. The SMILES string of the molecule is COc1ccc(Cl)cc1NC(=O)CS[C@H]1CCS(=O)(=O)C1.